The van der Waals surface area contributed by atoms with Gasteiger partial charge in [-0.05, 0) is 13.3 Å². The van der Waals surface area contributed by atoms with Crippen LogP contribution in [0, 0.1) is 17.3 Å². The van der Waals surface area contributed by atoms with Crippen molar-refractivity contribution < 1.29 is 74.7 Å². The van der Waals surface area contributed by atoms with Crippen LogP contribution in [0.3, 0.4) is 0 Å². The molecular formula is C21H27F3O13S. The first-order chi connectivity index (χ1) is 17.5. The molecule has 38 heavy (non-hydrogen) atoms. The molecule has 6 unspecified atom stereocenters. The summed E-state index contributed by atoms with van der Waals surface area (Å²) in [6.07, 6.45) is -13.6. The first-order valence-electron chi connectivity index (χ1n) is 12.0. The van der Waals surface area contributed by atoms with E-state index in [1.807, 2.05) is 0 Å². The van der Waals surface area contributed by atoms with Crippen LogP contribution in [0.5, 0.6) is 0 Å². The van der Waals surface area contributed by atoms with Gasteiger partial charge in [0.05, 0.1) is 17.3 Å². The van der Waals surface area contributed by atoms with Crippen molar-refractivity contribution in [3.8, 4) is 0 Å². The van der Waals surface area contributed by atoms with Gasteiger partial charge in [0.25, 0.3) is 0 Å². The van der Waals surface area contributed by atoms with Gasteiger partial charge in [0, 0.05) is 0 Å². The number of aliphatic hydroxyl groups excluding tert-OH is 3. The molecule has 4 saturated heterocycles. The molecule has 216 valence electrons. The predicted octanol–water partition coefficient (Wildman–Crippen LogP) is -1.20. The summed E-state index contributed by atoms with van der Waals surface area (Å²) < 4.78 is 90.4. The third-order valence-electron chi connectivity index (χ3n) is 8.72. The Bertz CT molecular complexity index is 1130. The normalized spacial score (nSPS) is 48.3. The largest absolute Gasteiger partial charge is 0.523 e. The lowest BCUT2D eigenvalue weighted by Crippen LogP contribution is -2.67. The van der Waals surface area contributed by atoms with Crippen LogP contribution in [0.2, 0.25) is 0 Å². The number of hydrogen-bond acceptors (Lipinski definition) is 13. The first-order valence-corrected chi connectivity index (χ1v) is 13.4. The third-order valence-corrected chi connectivity index (χ3v) is 9.79. The molecule has 5 aliphatic rings. The zero-order valence-electron chi connectivity index (χ0n) is 20.0. The molecule has 0 aromatic heterocycles. The average Bonchev–Trinajstić information content (AvgIpc) is 3.48. The van der Waals surface area contributed by atoms with Gasteiger partial charge in [-0.25, -0.2) is 4.79 Å². The Labute approximate surface area is 213 Å². The fourth-order valence-corrected chi connectivity index (χ4v) is 7.84. The minimum Gasteiger partial charge on any atom is -0.456 e. The maximum atomic E-state index is 13.3. The number of hydrogen-bond donors (Lipinski definition) is 4. The van der Waals surface area contributed by atoms with Crippen molar-refractivity contribution in [2.45, 2.75) is 99.3 Å². The van der Waals surface area contributed by atoms with E-state index in [9.17, 15) is 51.6 Å². The van der Waals surface area contributed by atoms with Crippen LogP contribution >= 0.6 is 0 Å². The summed E-state index contributed by atoms with van der Waals surface area (Å²) >= 11 is 0. The molecule has 5 fully saturated rings. The molecule has 0 aromatic carbocycles. The smallest absolute Gasteiger partial charge is 0.456 e. The summed E-state index contributed by atoms with van der Waals surface area (Å²) in [7, 11) is -6.26. The number of rotatable bonds is 7. The fraction of sp³-hybridized carbons (Fsp3) is 0.905. The standard InChI is InChI=1S/C21H27F3O13S/c1-3-4-5-6-8(37-38(31,32)21(22,23)24)12-18-9-10(25)15(28)35-16(9)36-20(18,17(29)34-12)19(30)7(2)14(27)33-13(19)11(18)26/h7-13,16-17,25-26,29-30H,3-6H2,1-2H3/t7-,8-,9?,10-,11+,12+,13?,16?,17?,18?,19-,20?/m1/s1. The van der Waals surface area contributed by atoms with Crippen LogP contribution in [0.1, 0.15) is 39.5 Å². The van der Waals surface area contributed by atoms with Crippen LogP contribution in [0.25, 0.3) is 0 Å². The molecule has 5 rings (SSSR count). The summed E-state index contributed by atoms with van der Waals surface area (Å²) in [4.78, 5) is 24.7. The number of fused-ring (bicyclic) bond motifs is 2. The minimum absolute atomic E-state index is 0.107. The van der Waals surface area contributed by atoms with Gasteiger partial charge >= 0.3 is 27.6 Å². The maximum absolute atomic E-state index is 13.3. The van der Waals surface area contributed by atoms with E-state index in [1.165, 1.54) is 6.92 Å². The second-order valence-corrected chi connectivity index (χ2v) is 11.9. The zero-order valence-corrected chi connectivity index (χ0v) is 20.8. The van der Waals surface area contributed by atoms with Crippen molar-refractivity contribution >= 4 is 22.1 Å². The quantitative estimate of drug-likeness (QED) is 0.122. The number of aliphatic hydroxyl groups is 4. The maximum Gasteiger partial charge on any atom is 0.523 e. The summed E-state index contributed by atoms with van der Waals surface area (Å²) in [6, 6.07) is 0. The molecule has 1 saturated carbocycles. The predicted molar refractivity (Wildman–Crippen MR) is 110 cm³/mol. The molecule has 4 aliphatic heterocycles. The number of ether oxygens (including phenoxy) is 4. The number of unbranched alkanes of at least 4 members (excludes halogenated alkanes) is 2. The van der Waals surface area contributed by atoms with Gasteiger partial charge in [0.1, 0.15) is 18.3 Å². The summed E-state index contributed by atoms with van der Waals surface area (Å²) in [6.45, 7) is 2.95. The molecule has 4 heterocycles. The van der Waals surface area contributed by atoms with E-state index in [4.69, 9.17) is 18.9 Å². The minimum atomic E-state index is -6.26. The molecule has 0 spiro atoms. The SMILES string of the molecule is CCCCC[C@@H](OS(=O)(=O)C(F)(F)F)[C@@H]1OC(O)C23OC4OC(=O)[C@H](O)C4C12[C@@H](O)C1OC(=O)[C@@H](C)[C@@]13O. The molecule has 12 atom stereocenters. The van der Waals surface area contributed by atoms with Crippen LogP contribution in [0.15, 0.2) is 0 Å². The van der Waals surface area contributed by atoms with E-state index >= 15 is 0 Å². The molecule has 4 N–H and O–H groups in total. The van der Waals surface area contributed by atoms with Crippen LogP contribution in [-0.4, -0.2) is 101 Å². The Morgan fingerprint density at radius 2 is 1.76 bits per heavy atom. The Kier molecular flexibility index (Phi) is 6.22. The van der Waals surface area contributed by atoms with Gasteiger partial charge in [-0.15, -0.1) is 0 Å². The molecule has 13 nitrogen and oxygen atoms in total. The number of carbonyl (C=O) groups is 2. The van der Waals surface area contributed by atoms with Crippen molar-refractivity contribution in [3.05, 3.63) is 0 Å². The Morgan fingerprint density at radius 3 is 2.37 bits per heavy atom. The van der Waals surface area contributed by atoms with Crippen molar-refractivity contribution in [2.24, 2.45) is 17.3 Å². The average molecular weight is 576 g/mol. The van der Waals surface area contributed by atoms with Crippen molar-refractivity contribution in [2.75, 3.05) is 0 Å². The summed E-state index contributed by atoms with van der Waals surface area (Å²) in [5.41, 5.74) is -13.5. The second-order valence-electron chi connectivity index (χ2n) is 10.4. The zero-order chi connectivity index (χ0) is 28.2. The summed E-state index contributed by atoms with van der Waals surface area (Å²) in [5, 5.41) is 45.5. The Morgan fingerprint density at radius 1 is 1.11 bits per heavy atom. The summed E-state index contributed by atoms with van der Waals surface area (Å²) in [5.74, 6) is -5.45. The highest BCUT2D eigenvalue weighted by atomic mass is 32.2. The van der Waals surface area contributed by atoms with Crippen LogP contribution in [-0.2, 0) is 42.8 Å². The third kappa shape index (κ3) is 3.04. The lowest BCUT2D eigenvalue weighted by Gasteiger charge is -2.45. The first kappa shape index (κ1) is 27.9. The second kappa shape index (κ2) is 8.45. The topological polar surface area (TPSA) is 195 Å². The van der Waals surface area contributed by atoms with Gasteiger partial charge < -0.3 is 39.4 Å². The van der Waals surface area contributed by atoms with Crippen LogP contribution < -0.4 is 0 Å². The van der Waals surface area contributed by atoms with Gasteiger partial charge in [-0.2, -0.15) is 21.6 Å². The van der Waals surface area contributed by atoms with Crippen molar-refractivity contribution in [3.63, 3.8) is 0 Å². The van der Waals surface area contributed by atoms with E-state index < -0.39 is 106 Å². The van der Waals surface area contributed by atoms with E-state index in [-0.39, 0.29) is 6.42 Å². The number of halogens is 3. The van der Waals surface area contributed by atoms with Gasteiger partial charge in [-0.1, -0.05) is 26.2 Å². The highest BCUT2D eigenvalue weighted by Crippen LogP contribution is 2.75. The molecule has 0 aromatic rings. The number of alkyl halides is 3. The Hall–Kier alpha value is -1.60. The monoisotopic (exact) mass is 576 g/mol. The van der Waals surface area contributed by atoms with E-state index in [0.29, 0.717) is 12.8 Å². The lowest BCUT2D eigenvalue weighted by molar-refractivity contribution is -0.294. The molecule has 17 heteroatoms. The Balaban J connectivity index is 1.71. The highest BCUT2D eigenvalue weighted by Gasteiger charge is 2.96. The molecule has 0 amide bonds. The van der Waals surface area contributed by atoms with Crippen LogP contribution in [0.4, 0.5) is 13.2 Å². The highest BCUT2D eigenvalue weighted by molar-refractivity contribution is 7.87. The molecule has 1 aliphatic carbocycles. The lowest BCUT2D eigenvalue weighted by atomic mass is 9.58. The van der Waals surface area contributed by atoms with Gasteiger partial charge in [0.15, 0.2) is 29.7 Å². The fourth-order valence-electron chi connectivity index (χ4n) is 7.20. The molecule has 0 bridgehead atoms. The van der Waals surface area contributed by atoms with Gasteiger partial charge in [0.2, 0.25) is 6.29 Å². The number of carbonyl (C=O) groups excluding carboxylic acids is 2. The van der Waals surface area contributed by atoms with Crippen molar-refractivity contribution in [1.29, 1.82) is 0 Å². The van der Waals surface area contributed by atoms with E-state index in [2.05, 4.69) is 4.18 Å². The molecular weight excluding hydrogens is 549 g/mol. The molecule has 0 radical (unpaired) electrons. The van der Waals surface area contributed by atoms with Gasteiger partial charge in [-0.3, -0.25) is 8.98 Å². The van der Waals surface area contributed by atoms with E-state index in [0.717, 1.165) is 0 Å². The van der Waals surface area contributed by atoms with Crippen molar-refractivity contribution in [1.82, 2.24) is 0 Å². The van der Waals surface area contributed by atoms with E-state index in [1.54, 1.807) is 6.92 Å². The number of esters is 2.